The van der Waals surface area contributed by atoms with Crippen LogP contribution in [-0.4, -0.2) is 48.4 Å². The standard InChI is InChI=1S/C21H27N3O/c1-18-7-9-20(10-8-18)22-21(25)11-12-23-13-15-24(16-14-23)17-19-5-3-2-4-6-19/h2-10H,11-17H2,1H3,(H,22,25). The molecule has 2 aromatic rings. The number of aryl methyl sites for hydroxylation is 1. The molecule has 0 unspecified atom stereocenters. The molecule has 3 rings (SSSR count). The number of anilines is 1. The van der Waals surface area contributed by atoms with E-state index in [4.69, 9.17) is 0 Å². The van der Waals surface area contributed by atoms with Crippen molar-refractivity contribution in [3.05, 3.63) is 65.7 Å². The molecule has 1 saturated heterocycles. The molecule has 0 spiro atoms. The fraction of sp³-hybridized carbons (Fsp3) is 0.381. The van der Waals surface area contributed by atoms with Crippen LogP contribution in [-0.2, 0) is 11.3 Å². The molecule has 0 atom stereocenters. The number of amides is 1. The number of carbonyl (C=O) groups excluding carboxylic acids is 1. The molecule has 0 aliphatic carbocycles. The van der Waals surface area contributed by atoms with Crippen LogP contribution < -0.4 is 5.32 Å². The number of hydrogen-bond acceptors (Lipinski definition) is 3. The number of carbonyl (C=O) groups is 1. The summed E-state index contributed by atoms with van der Waals surface area (Å²) in [5.41, 5.74) is 3.45. The van der Waals surface area contributed by atoms with Gasteiger partial charge in [-0.1, -0.05) is 48.0 Å². The Morgan fingerprint density at radius 2 is 1.56 bits per heavy atom. The molecule has 0 bridgehead atoms. The second-order valence-corrected chi connectivity index (χ2v) is 6.77. The Balaban J connectivity index is 1.36. The van der Waals surface area contributed by atoms with Crippen LogP contribution in [0.15, 0.2) is 54.6 Å². The Bertz CT molecular complexity index is 661. The first-order valence-electron chi connectivity index (χ1n) is 9.04. The highest BCUT2D eigenvalue weighted by Gasteiger charge is 2.17. The van der Waals surface area contributed by atoms with Crippen molar-refractivity contribution < 1.29 is 4.79 Å². The van der Waals surface area contributed by atoms with Crippen LogP contribution in [0, 0.1) is 6.92 Å². The molecule has 2 aromatic carbocycles. The maximum Gasteiger partial charge on any atom is 0.225 e. The van der Waals surface area contributed by atoms with Crippen molar-refractivity contribution in [3.8, 4) is 0 Å². The van der Waals surface area contributed by atoms with Crippen LogP contribution in [0.4, 0.5) is 5.69 Å². The van der Waals surface area contributed by atoms with Gasteiger partial charge >= 0.3 is 0 Å². The quantitative estimate of drug-likeness (QED) is 0.880. The van der Waals surface area contributed by atoms with E-state index in [0.29, 0.717) is 6.42 Å². The zero-order valence-corrected chi connectivity index (χ0v) is 14.9. The van der Waals surface area contributed by atoms with E-state index in [-0.39, 0.29) is 5.91 Å². The van der Waals surface area contributed by atoms with Gasteiger partial charge < -0.3 is 10.2 Å². The molecule has 132 valence electrons. The third-order valence-corrected chi connectivity index (χ3v) is 4.70. The number of nitrogens with zero attached hydrogens (tertiary/aromatic N) is 2. The lowest BCUT2D eigenvalue weighted by Gasteiger charge is -2.34. The number of nitrogens with one attached hydrogen (secondary N) is 1. The number of hydrogen-bond donors (Lipinski definition) is 1. The van der Waals surface area contributed by atoms with E-state index >= 15 is 0 Å². The first-order chi connectivity index (χ1) is 12.2. The number of benzene rings is 2. The van der Waals surface area contributed by atoms with E-state index in [1.54, 1.807) is 0 Å². The van der Waals surface area contributed by atoms with Crippen molar-refractivity contribution in [1.82, 2.24) is 9.80 Å². The summed E-state index contributed by atoms with van der Waals surface area (Å²) in [5.74, 6) is 0.0931. The van der Waals surface area contributed by atoms with Gasteiger partial charge in [-0.25, -0.2) is 0 Å². The average Bonchev–Trinajstić information content (AvgIpc) is 2.64. The van der Waals surface area contributed by atoms with Crippen molar-refractivity contribution in [1.29, 1.82) is 0 Å². The molecule has 4 heteroatoms. The summed E-state index contributed by atoms with van der Waals surface area (Å²) in [6.45, 7) is 8.08. The minimum Gasteiger partial charge on any atom is -0.326 e. The van der Waals surface area contributed by atoms with Gasteiger partial charge in [0.05, 0.1) is 0 Å². The first kappa shape index (κ1) is 17.6. The van der Waals surface area contributed by atoms with Gasteiger partial charge in [0, 0.05) is 51.4 Å². The lowest BCUT2D eigenvalue weighted by Crippen LogP contribution is -2.46. The van der Waals surface area contributed by atoms with Gasteiger partial charge in [-0.2, -0.15) is 0 Å². The van der Waals surface area contributed by atoms with E-state index in [1.165, 1.54) is 11.1 Å². The van der Waals surface area contributed by atoms with Gasteiger partial charge in [0.1, 0.15) is 0 Å². The summed E-state index contributed by atoms with van der Waals surface area (Å²) in [6, 6.07) is 18.6. The minimum absolute atomic E-state index is 0.0931. The van der Waals surface area contributed by atoms with Gasteiger partial charge in [-0.3, -0.25) is 9.69 Å². The summed E-state index contributed by atoms with van der Waals surface area (Å²) in [7, 11) is 0. The SMILES string of the molecule is Cc1ccc(NC(=O)CCN2CCN(Cc3ccccc3)CC2)cc1. The first-order valence-corrected chi connectivity index (χ1v) is 9.04. The highest BCUT2D eigenvalue weighted by atomic mass is 16.1. The Morgan fingerprint density at radius 3 is 2.24 bits per heavy atom. The smallest absolute Gasteiger partial charge is 0.225 e. The molecule has 1 heterocycles. The van der Waals surface area contributed by atoms with Crippen LogP contribution in [0.25, 0.3) is 0 Å². The summed E-state index contributed by atoms with van der Waals surface area (Å²) >= 11 is 0. The summed E-state index contributed by atoms with van der Waals surface area (Å²) in [6.07, 6.45) is 0.548. The maximum atomic E-state index is 12.1. The molecule has 1 aliphatic rings. The van der Waals surface area contributed by atoms with E-state index in [0.717, 1.165) is 45.0 Å². The summed E-state index contributed by atoms with van der Waals surface area (Å²) in [4.78, 5) is 17.0. The lowest BCUT2D eigenvalue weighted by atomic mass is 10.2. The molecule has 1 amide bonds. The average molecular weight is 337 g/mol. The van der Waals surface area contributed by atoms with Crippen LogP contribution in [0.5, 0.6) is 0 Å². The molecular weight excluding hydrogens is 310 g/mol. The summed E-state index contributed by atoms with van der Waals surface area (Å²) in [5, 5.41) is 2.97. The molecule has 25 heavy (non-hydrogen) atoms. The van der Waals surface area contributed by atoms with E-state index in [9.17, 15) is 4.79 Å². The second kappa shape index (κ2) is 8.79. The van der Waals surface area contributed by atoms with Gasteiger partial charge in [0.15, 0.2) is 0 Å². The van der Waals surface area contributed by atoms with Crippen molar-refractivity contribution in [3.63, 3.8) is 0 Å². The lowest BCUT2D eigenvalue weighted by molar-refractivity contribution is -0.116. The third-order valence-electron chi connectivity index (χ3n) is 4.70. The predicted octanol–water partition coefficient (Wildman–Crippen LogP) is 3.14. The van der Waals surface area contributed by atoms with E-state index in [1.807, 2.05) is 31.2 Å². The van der Waals surface area contributed by atoms with Gasteiger partial charge in [-0.15, -0.1) is 0 Å². The Kier molecular flexibility index (Phi) is 6.20. The van der Waals surface area contributed by atoms with Gasteiger partial charge in [0.25, 0.3) is 0 Å². The van der Waals surface area contributed by atoms with Crippen LogP contribution in [0.2, 0.25) is 0 Å². The highest BCUT2D eigenvalue weighted by Crippen LogP contribution is 2.11. The Hall–Kier alpha value is -2.17. The van der Waals surface area contributed by atoms with E-state index in [2.05, 4.69) is 45.4 Å². The van der Waals surface area contributed by atoms with Crippen molar-refractivity contribution >= 4 is 11.6 Å². The van der Waals surface area contributed by atoms with Crippen LogP contribution >= 0.6 is 0 Å². The van der Waals surface area contributed by atoms with Crippen molar-refractivity contribution in [2.24, 2.45) is 0 Å². The molecule has 1 N–H and O–H groups in total. The molecule has 4 nitrogen and oxygen atoms in total. The third kappa shape index (κ3) is 5.69. The Morgan fingerprint density at radius 1 is 0.920 bits per heavy atom. The fourth-order valence-electron chi connectivity index (χ4n) is 3.13. The van der Waals surface area contributed by atoms with Crippen molar-refractivity contribution in [2.45, 2.75) is 19.9 Å². The van der Waals surface area contributed by atoms with Crippen molar-refractivity contribution in [2.75, 3.05) is 38.0 Å². The molecule has 1 aliphatic heterocycles. The molecule has 0 aromatic heterocycles. The normalized spacial score (nSPS) is 15.9. The highest BCUT2D eigenvalue weighted by molar-refractivity contribution is 5.90. The fourth-order valence-corrected chi connectivity index (χ4v) is 3.13. The largest absolute Gasteiger partial charge is 0.326 e. The molecule has 0 saturated carbocycles. The van der Waals surface area contributed by atoms with Crippen LogP contribution in [0.1, 0.15) is 17.5 Å². The second-order valence-electron chi connectivity index (χ2n) is 6.77. The topological polar surface area (TPSA) is 35.6 Å². The molecule has 0 radical (unpaired) electrons. The van der Waals surface area contributed by atoms with Crippen LogP contribution in [0.3, 0.4) is 0 Å². The monoisotopic (exact) mass is 337 g/mol. The zero-order chi connectivity index (χ0) is 17.5. The summed E-state index contributed by atoms with van der Waals surface area (Å²) < 4.78 is 0. The predicted molar refractivity (Wildman–Crippen MR) is 103 cm³/mol. The number of rotatable bonds is 6. The Labute approximate surface area is 150 Å². The zero-order valence-electron chi connectivity index (χ0n) is 14.9. The van der Waals surface area contributed by atoms with Gasteiger partial charge in [0.2, 0.25) is 5.91 Å². The number of piperazine rings is 1. The molecular formula is C21H27N3O. The van der Waals surface area contributed by atoms with E-state index < -0.39 is 0 Å². The maximum absolute atomic E-state index is 12.1. The molecule has 1 fully saturated rings. The minimum atomic E-state index is 0.0931. The van der Waals surface area contributed by atoms with Gasteiger partial charge in [-0.05, 0) is 24.6 Å².